The minimum absolute atomic E-state index is 0.226. The Labute approximate surface area is 172 Å². The fourth-order valence-electron chi connectivity index (χ4n) is 5.76. The van der Waals surface area contributed by atoms with Crippen LogP contribution in [-0.4, -0.2) is 0 Å². The lowest BCUT2D eigenvalue weighted by Gasteiger charge is -2.35. The summed E-state index contributed by atoms with van der Waals surface area (Å²) < 4.78 is 0. The lowest BCUT2D eigenvalue weighted by Crippen LogP contribution is -2.29. The minimum atomic E-state index is -0.226. The van der Waals surface area contributed by atoms with Crippen LogP contribution in [0.25, 0.3) is 11.1 Å². The van der Waals surface area contributed by atoms with Crippen LogP contribution in [-0.2, 0) is 18.3 Å². The second kappa shape index (κ2) is 5.94. The van der Waals surface area contributed by atoms with E-state index in [0.29, 0.717) is 0 Å². The van der Waals surface area contributed by atoms with Gasteiger partial charge in [-0.05, 0) is 71.2 Å². The Morgan fingerprint density at radius 3 is 1.45 bits per heavy atom. The summed E-state index contributed by atoms with van der Waals surface area (Å²) in [6.45, 7) is 4.41. The normalized spacial score (nSPS) is 15.2. The maximum Gasteiger partial charge on any atom is 0.0718 e. The lowest BCUT2D eigenvalue weighted by atomic mass is 9.66. The van der Waals surface area contributed by atoms with E-state index in [1.807, 2.05) is 0 Å². The predicted octanol–water partition coefficient (Wildman–Crippen LogP) is 6.77. The van der Waals surface area contributed by atoms with E-state index in [9.17, 15) is 0 Å². The van der Waals surface area contributed by atoms with E-state index in [0.717, 1.165) is 12.8 Å². The average molecular weight is 373 g/mol. The highest BCUT2D eigenvalue weighted by atomic mass is 14.5. The molecule has 0 saturated heterocycles. The molecule has 0 unspecified atom stereocenters. The largest absolute Gasteiger partial charge is 0.0718 e. The van der Waals surface area contributed by atoms with Crippen LogP contribution in [0.3, 0.4) is 0 Å². The van der Waals surface area contributed by atoms with Crippen LogP contribution in [0.1, 0.15) is 44.5 Å². The zero-order valence-corrected chi connectivity index (χ0v) is 17.0. The second-order valence-electron chi connectivity index (χ2n) is 8.66. The molecule has 0 saturated carbocycles. The second-order valence-corrected chi connectivity index (χ2v) is 8.66. The molecule has 2 aliphatic carbocycles. The fourth-order valence-corrected chi connectivity index (χ4v) is 5.76. The van der Waals surface area contributed by atoms with Crippen LogP contribution in [0.2, 0.25) is 0 Å². The minimum Gasteiger partial charge on any atom is -0.0620 e. The van der Waals surface area contributed by atoms with E-state index in [1.54, 1.807) is 0 Å². The molecule has 0 fully saturated rings. The van der Waals surface area contributed by atoms with Gasteiger partial charge < -0.3 is 0 Å². The van der Waals surface area contributed by atoms with Gasteiger partial charge in [-0.3, -0.25) is 0 Å². The van der Waals surface area contributed by atoms with Gasteiger partial charge in [0.1, 0.15) is 0 Å². The van der Waals surface area contributed by atoms with Gasteiger partial charge in [-0.25, -0.2) is 0 Å². The van der Waals surface area contributed by atoms with Gasteiger partial charge in [-0.1, -0.05) is 96.1 Å². The molecule has 2 aliphatic rings. The molecular weight excluding hydrogens is 348 g/mol. The van der Waals surface area contributed by atoms with Gasteiger partial charge >= 0.3 is 0 Å². The first-order valence-electron chi connectivity index (χ1n) is 10.6. The van der Waals surface area contributed by atoms with E-state index >= 15 is 0 Å². The van der Waals surface area contributed by atoms with Crippen LogP contribution in [0.15, 0.2) is 84.9 Å². The highest BCUT2D eigenvalue weighted by Crippen LogP contribution is 2.58. The first kappa shape index (κ1) is 16.8. The van der Waals surface area contributed by atoms with Crippen molar-refractivity contribution in [3.8, 4) is 11.1 Å². The van der Waals surface area contributed by atoms with Crippen molar-refractivity contribution in [3.63, 3.8) is 0 Å². The van der Waals surface area contributed by atoms with Crippen molar-refractivity contribution in [2.24, 2.45) is 0 Å². The molecule has 0 radical (unpaired) electrons. The number of benzene rings is 4. The highest BCUT2D eigenvalue weighted by Gasteiger charge is 2.48. The number of aryl methyl sites for hydroxylation is 4. The molecule has 4 aromatic carbocycles. The van der Waals surface area contributed by atoms with Gasteiger partial charge in [-0.2, -0.15) is 0 Å². The SMILES string of the molecule is Cc1ccc2c(c1)-c1cc(C)ccc1C21c2ccccc2CCc2ccccc21. The predicted molar refractivity (Wildman–Crippen MR) is 121 cm³/mol. The van der Waals surface area contributed by atoms with Crippen molar-refractivity contribution in [2.75, 3.05) is 0 Å². The lowest BCUT2D eigenvalue weighted by molar-refractivity contribution is 0.761. The molecule has 0 amide bonds. The van der Waals surface area contributed by atoms with Crippen LogP contribution < -0.4 is 0 Å². The third-order valence-electron chi connectivity index (χ3n) is 6.95. The zero-order chi connectivity index (χ0) is 19.6. The fraction of sp³-hybridized carbons (Fsp3) is 0.172. The molecule has 0 atom stereocenters. The van der Waals surface area contributed by atoms with Gasteiger partial charge in [0.15, 0.2) is 0 Å². The Morgan fingerprint density at radius 2 is 0.966 bits per heavy atom. The van der Waals surface area contributed by atoms with E-state index in [1.165, 1.54) is 55.6 Å². The molecule has 0 bridgehead atoms. The van der Waals surface area contributed by atoms with Crippen molar-refractivity contribution >= 4 is 0 Å². The molecule has 4 aromatic rings. The Hall–Kier alpha value is -3.12. The van der Waals surface area contributed by atoms with Crippen molar-refractivity contribution in [3.05, 3.63) is 129 Å². The standard InChI is InChI=1S/C29H24/c1-19-11-15-27-23(17-19)24-18-20(2)12-16-28(24)29(27)25-9-5-3-7-21(25)13-14-22-8-4-6-10-26(22)29/h3-12,15-18H,13-14H2,1-2H3. The summed E-state index contributed by atoms with van der Waals surface area (Å²) in [6.07, 6.45) is 2.19. The summed E-state index contributed by atoms with van der Waals surface area (Å²) in [7, 11) is 0. The van der Waals surface area contributed by atoms with Crippen molar-refractivity contribution in [1.29, 1.82) is 0 Å². The third-order valence-corrected chi connectivity index (χ3v) is 6.95. The molecule has 0 heteroatoms. The Balaban J connectivity index is 1.86. The molecule has 0 heterocycles. The zero-order valence-electron chi connectivity index (χ0n) is 17.0. The monoisotopic (exact) mass is 372 g/mol. The van der Waals surface area contributed by atoms with Crippen LogP contribution in [0.5, 0.6) is 0 Å². The third kappa shape index (κ3) is 2.15. The number of rotatable bonds is 0. The van der Waals surface area contributed by atoms with Crippen molar-refractivity contribution in [1.82, 2.24) is 0 Å². The smallest absolute Gasteiger partial charge is 0.0620 e. The number of fused-ring (bicyclic) bond motifs is 9. The van der Waals surface area contributed by atoms with Gasteiger partial charge in [0, 0.05) is 0 Å². The molecule has 140 valence electrons. The first-order chi connectivity index (χ1) is 14.2. The Bertz CT molecular complexity index is 1170. The van der Waals surface area contributed by atoms with E-state index in [2.05, 4.69) is 98.8 Å². The summed E-state index contributed by atoms with van der Waals surface area (Å²) in [6, 6.07) is 32.4. The quantitative estimate of drug-likeness (QED) is 0.281. The number of hydrogen-bond donors (Lipinski definition) is 0. The molecule has 0 nitrogen and oxygen atoms in total. The summed E-state index contributed by atoms with van der Waals surface area (Å²) >= 11 is 0. The first-order valence-corrected chi connectivity index (χ1v) is 10.6. The van der Waals surface area contributed by atoms with Crippen molar-refractivity contribution < 1.29 is 0 Å². The van der Waals surface area contributed by atoms with Gasteiger partial charge in [-0.15, -0.1) is 0 Å². The van der Waals surface area contributed by atoms with Crippen LogP contribution >= 0.6 is 0 Å². The van der Waals surface area contributed by atoms with E-state index in [4.69, 9.17) is 0 Å². The molecule has 6 rings (SSSR count). The van der Waals surface area contributed by atoms with E-state index in [-0.39, 0.29) is 5.41 Å². The molecule has 29 heavy (non-hydrogen) atoms. The van der Waals surface area contributed by atoms with Crippen LogP contribution in [0, 0.1) is 13.8 Å². The molecule has 0 aromatic heterocycles. The summed E-state index contributed by atoms with van der Waals surface area (Å²) in [5.41, 5.74) is 14.0. The molecule has 0 N–H and O–H groups in total. The molecule has 1 spiro atoms. The number of hydrogen-bond acceptors (Lipinski definition) is 0. The van der Waals surface area contributed by atoms with E-state index < -0.39 is 0 Å². The average Bonchev–Trinajstić information content (AvgIpc) is 2.92. The van der Waals surface area contributed by atoms with Crippen molar-refractivity contribution in [2.45, 2.75) is 32.1 Å². The highest BCUT2D eigenvalue weighted by molar-refractivity contribution is 5.87. The summed E-state index contributed by atoms with van der Waals surface area (Å²) in [5, 5.41) is 0. The molecular formula is C29H24. The summed E-state index contributed by atoms with van der Waals surface area (Å²) in [4.78, 5) is 0. The molecule has 0 aliphatic heterocycles. The van der Waals surface area contributed by atoms with Crippen LogP contribution in [0.4, 0.5) is 0 Å². The van der Waals surface area contributed by atoms with Gasteiger partial charge in [0.25, 0.3) is 0 Å². The van der Waals surface area contributed by atoms with Gasteiger partial charge in [0.2, 0.25) is 0 Å². The Kier molecular flexibility index (Phi) is 3.44. The topological polar surface area (TPSA) is 0 Å². The summed E-state index contributed by atoms with van der Waals surface area (Å²) in [5.74, 6) is 0. The maximum atomic E-state index is 2.39. The maximum absolute atomic E-state index is 2.39. The van der Waals surface area contributed by atoms with Gasteiger partial charge in [0.05, 0.1) is 5.41 Å². The Morgan fingerprint density at radius 1 is 0.517 bits per heavy atom.